The van der Waals surface area contributed by atoms with Crippen LogP contribution < -0.4 is 23.8 Å². The molecule has 2 heterocycles. The summed E-state index contributed by atoms with van der Waals surface area (Å²) in [7, 11) is 6.99. The molecule has 5 aromatic rings. The Morgan fingerprint density at radius 2 is 1.61 bits per heavy atom. The molecule has 166 valence electrons. The van der Waals surface area contributed by atoms with Crippen LogP contribution in [-0.2, 0) is 13.7 Å². The van der Waals surface area contributed by atoms with E-state index in [4.69, 9.17) is 14.2 Å². The number of pyridine rings is 2. The number of ether oxygens (including phenoxy) is 3. The van der Waals surface area contributed by atoms with Crippen LogP contribution in [-0.4, -0.2) is 26.4 Å². The van der Waals surface area contributed by atoms with Gasteiger partial charge in [-0.3, -0.25) is 0 Å². The molecular formula is C27H26N2O4+2. The number of nitrogens with one attached hydrogen (secondary N) is 1. The van der Waals surface area contributed by atoms with Gasteiger partial charge in [-0.1, -0.05) is 18.2 Å². The summed E-state index contributed by atoms with van der Waals surface area (Å²) in [5.41, 5.74) is 3.81. The number of methoxy groups -OCH3 is 3. The second kappa shape index (κ2) is 8.22. The Bertz CT molecular complexity index is 1510. The van der Waals surface area contributed by atoms with Crippen LogP contribution in [0.4, 0.5) is 0 Å². The van der Waals surface area contributed by atoms with Crippen LogP contribution in [0.2, 0.25) is 0 Å². The van der Waals surface area contributed by atoms with Crippen molar-refractivity contribution in [2.75, 3.05) is 21.3 Å². The molecule has 6 nitrogen and oxygen atoms in total. The van der Waals surface area contributed by atoms with Crippen molar-refractivity contribution in [1.82, 2.24) is 0 Å². The van der Waals surface area contributed by atoms with Gasteiger partial charge in [-0.15, -0.1) is 0 Å². The standard InChI is InChI=1S/C27H25N2O4/c1-29-14-22-18(8-7-17(15-30)26(22)32-3)20-10-9-19-21(25(20)29)12-23(31-2)27(33-4)24(19)16-6-5-11-28-13-16/h5-14,30H,15H2,1-4H3/q+1/p+1. The van der Waals surface area contributed by atoms with E-state index in [2.05, 4.69) is 33.9 Å². The van der Waals surface area contributed by atoms with Crippen LogP contribution in [0, 0.1) is 0 Å². The molecule has 6 heteroatoms. The Labute approximate surface area is 191 Å². The van der Waals surface area contributed by atoms with Crippen molar-refractivity contribution >= 4 is 32.4 Å². The number of rotatable bonds is 5. The van der Waals surface area contributed by atoms with E-state index in [0.29, 0.717) is 17.2 Å². The third-order valence-electron chi connectivity index (χ3n) is 6.25. The molecule has 0 unspecified atom stereocenters. The number of aryl methyl sites for hydroxylation is 1. The monoisotopic (exact) mass is 442 g/mol. The first-order valence-corrected chi connectivity index (χ1v) is 10.7. The molecule has 0 spiro atoms. The van der Waals surface area contributed by atoms with E-state index in [0.717, 1.165) is 49.1 Å². The highest BCUT2D eigenvalue weighted by Gasteiger charge is 2.24. The Morgan fingerprint density at radius 1 is 0.848 bits per heavy atom. The predicted octanol–water partition coefficient (Wildman–Crippen LogP) is 3.97. The zero-order valence-electron chi connectivity index (χ0n) is 19.1. The largest absolute Gasteiger partial charge is 0.495 e. The number of aliphatic hydroxyl groups is 1. The van der Waals surface area contributed by atoms with Gasteiger partial charge in [-0.2, -0.15) is 4.57 Å². The molecule has 0 radical (unpaired) electrons. The number of nitrogens with zero attached hydrogens (tertiary/aromatic N) is 1. The quantitative estimate of drug-likeness (QED) is 0.330. The van der Waals surface area contributed by atoms with E-state index in [1.54, 1.807) is 21.3 Å². The Kier molecular flexibility index (Phi) is 5.23. The summed E-state index contributed by atoms with van der Waals surface area (Å²) in [6.07, 6.45) is 5.90. The highest BCUT2D eigenvalue weighted by molar-refractivity contribution is 6.18. The fraction of sp³-hybridized carbons (Fsp3) is 0.185. The molecule has 0 fully saturated rings. The summed E-state index contributed by atoms with van der Waals surface area (Å²) in [6, 6.07) is 14.3. The first-order chi connectivity index (χ1) is 16.1. The Morgan fingerprint density at radius 3 is 2.27 bits per heavy atom. The van der Waals surface area contributed by atoms with Crippen LogP contribution in [0.5, 0.6) is 17.2 Å². The van der Waals surface area contributed by atoms with Gasteiger partial charge in [0.05, 0.1) is 49.7 Å². The van der Waals surface area contributed by atoms with Gasteiger partial charge in [0, 0.05) is 28.0 Å². The van der Waals surface area contributed by atoms with Crippen molar-refractivity contribution < 1.29 is 28.9 Å². The Hall–Kier alpha value is -3.90. The van der Waals surface area contributed by atoms with Crippen molar-refractivity contribution in [3.05, 3.63) is 66.6 Å². The summed E-state index contributed by atoms with van der Waals surface area (Å²) < 4.78 is 19.3. The molecule has 0 aliphatic carbocycles. The highest BCUT2D eigenvalue weighted by atomic mass is 16.5. The topological polar surface area (TPSA) is 65.9 Å². The molecule has 0 saturated heterocycles. The predicted molar refractivity (Wildman–Crippen MR) is 128 cm³/mol. The van der Waals surface area contributed by atoms with Gasteiger partial charge in [-0.05, 0) is 18.2 Å². The number of H-pyrrole nitrogens is 1. The zero-order chi connectivity index (χ0) is 23.1. The van der Waals surface area contributed by atoms with Gasteiger partial charge in [0.1, 0.15) is 12.8 Å². The van der Waals surface area contributed by atoms with E-state index in [9.17, 15) is 5.11 Å². The maximum atomic E-state index is 9.76. The number of fused-ring (bicyclic) bond motifs is 5. The second-order valence-electron chi connectivity index (χ2n) is 7.95. The lowest BCUT2D eigenvalue weighted by Gasteiger charge is -2.16. The fourth-order valence-corrected chi connectivity index (χ4v) is 4.83. The minimum atomic E-state index is -0.0764. The highest BCUT2D eigenvalue weighted by Crippen LogP contribution is 2.45. The second-order valence-corrected chi connectivity index (χ2v) is 7.95. The number of benzene rings is 3. The van der Waals surface area contributed by atoms with Gasteiger partial charge in [0.25, 0.3) is 0 Å². The molecule has 0 atom stereocenters. The smallest absolute Gasteiger partial charge is 0.220 e. The van der Waals surface area contributed by atoms with Gasteiger partial charge in [-0.25, -0.2) is 4.98 Å². The SMILES string of the molecule is COc1cc2c(ccc3c4ccc(CO)c(OC)c4c[n+](C)c23)c(-c2ccc[nH+]c2)c1OC. The summed E-state index contributed by atoms with van der Waals surface area (Å²) >= 11 is 0. The number of aliphatic hydroxyl groups excluding tert-OH is 1. The third-order valence-corrected chi connectivity index (χ3v) is 6.25. The average molecular weight is 443 g/mol. The summed E-state index contributed by atoms with van der Waals surface area (Å²) in [6.45, 7) is -0.0764. The van der Waals surface area contributed by atoms with Crippen molar-refractivity contribution in [3.63, 3.8) is 0 Å². The third kappa shape index (κ3) is 3.14. The molecule has 3 aromatic carbocycles. The number of hydrogen-bond acceptors (Lipinski definition) is 4. The van der Waals surface area contributed by atoms with Crippen LogP contribution in [0.3, 0.4) is 0 Å². The molecule has 33 heavy (non-hydrogen) atoms. The first kappa shape index (κ1) is 21.0. The van der Waals surface area contributed by atoms with E-state index < -0.39 is 0 Å². The molecule has 2 aromatic heterocycles. The average Bonchev–Trinajstić information content (AvgIpc) is 2.86. The van der Waals surface area contributed by atoms with Gasteiger partial charge >= 0.3 is 0 Å². The zero-order valence-corrected chi connectivity index (χ0v) is 19.1. The molecule has 0 saturated carbocycles. The Balaban J connectivity index is 1.97. The minimum Gasteiger partial charge on any atom is -0.495 e. The molecule has 0 amide bonds. The maximum Gasteiger partial charge on any atom is 0.220 e. The van der Waals surface area contributed by atoms with Crippen molar-refractivity contribution in [1.29, 1.82) is 0 Å². The van der Waals surface area contributed by atoms with Crippen LogP contribution in [0.25, 0.3) is 43.6 Å². The minimum absolute atomic E-state index is 0.0764. The molecule has 0 aliphatic rings. The summed E-state index contributed by atoms with van der Waals surface area (Å²) in [4.78, 5) is 3.17. The van der Waals surface area contributed by atoms with Gasteiger partial charge in [0.2, 0.25) is 5.52 Å². The molecule has 2 N–H and O–H groups in total. The fourth-order valence-electron chi connectivity index (χ4n) is 4.83. The normalized spacial score (nSPS) is 11.3. The molecule has 0 aliphatic heterocycles. The van der Waals surface area contributed by atoms with Gasteiger partial charge < -0.3 is 19.3 Å². The number of aromatic nitrogens is 2. The molecular weight excluding hydrogens is 416 g/mol. The lowest BCUT2D eigenvalue weighted by molar-refractivity contribution is -0.642. The van der Waals surface area contributed by atoms with E-state index in [-0.39, 0.29) is 6.61 Å². The van der Waals surface area contributed by atoms with Crippen LogP contribution in [0.15, 0.2) is 61.1 Å². The first-order valence-electron chi connectivity index (χ1n) is 10.7. The molecule has 0 bridgehead atoms. The van der Waals surface area contributed by atoms with Crippen LogP contribution >= 0.6 is 0 Å². The van der Waals surface area contributed by atoms with Crippen molar-refractivity contribution in [3.8, 4) is 28.4 Å². The number of hydrogen-bond donors (Lipinski definition) is 1. The van der Waals surface area contributed by atoms with Crippen molar-refractivity contribution in [2.24, 2.45) is 7.05 Å². The molecule has 5 rings (SSSR count). The maximum absolute atomic E-state index is 9.76. The van der Waals surface area contributed by atoms with Crippen molar-refractivity contribution in [2.45, 2.75) is 6.61 Å². The van der Waals surface area contributed by atoms with Gasteiger partial charge in [0.15, 0.2) is 30.1 Å². The van der Waals surface area contributed by atoms with E-state index in [1.807, 2.05) is 43.7 Å². The van der Waals surface area contributed by atoms with Crippen LogP contribution in [0.1, 0.15) is 5.56 Å². The lowest BCUT2D eigenvalue weighted by atomic mass is 9.93. The number of aromatic amines is 1. The van der Waals surface area contributed by atoms with E-state index in [1.165, 1.54) is 0 Å². The van der Waals surface area contributed by atoms with E-state index >= 15 is 0 Å². The summed E-state index contributed by atoms with van der Waals surface area (Å²) in [5, 5.41) is 15.0. The lowest BCUT2D eigenvalue weighted by Crippen LogP contribution is -2.28. The summed E-state index contributed by atoms with van der Waals surface area (Å²) in [5.74, 6) is 2.06.